The van der Waals surface area contributed by atoms with Crippen LogP contribution >= 0.6 is 23.3 Å². The van der Waals surface area contributed by atoms with Crippen LogP contribution in [0.3, 0.4) is 0 Å². The van der Waals surface area contributed by atoms with Crippen molar-refractivity contribution in [3.63, 3.8) is 0 Å². The van der Waals surface area contributed by atoms with Gasteiger partial charge in [-0.3, -0.25) is 0 Å². The zero-order chi connectivity index (χ0) is 10.1. The van der Waals surface area contributed by atoms with Crippen molar-refractivity contribution in [2.24, 2.45) is 0 Å². The summed E-state index contributed by atoms with van der Waals surface area (Å²) in [5, 5.41) is 0.0508. The first-order valence-electron chi connectivity index (χ1n) is 3.72. The molecule has 14 heavy (non-hydrogen) atoms. The van der Waals surface area contributed by atoms with Gasteiger partial charge in [-0.25, -0.2) is 4.39 Å². The van der Waals surface area contributed by atoms with E-state index in [1.165, 1.54) is 12.1 Å². The average molecular weight is 230 g/mol. The molecule has 1 heterocycles. The number of aromatic nitrogens is 2. The Kier molecular flexibility index (Phi) is 2.35. The second-order valence-corrected chi connectivity index (χ2v) is 3.56. The van der Waals surface area contributed by atoms with Crippen LogP contribution in [0.1, 0.15) is 0 Å². The summed E-state index contributed by atoms with van der Waals surface area (Å²) in [7, 11) is 0. The lowest BCUT2D eigenvalue weighted by Crippen LogP contribution is -1.89. The number of hydrogen-bond donors (Lipinski definition) is 1. The minimum atomic E-state index is -0.461. The zero-order valence-electron chi connectivity index (χ0n) is 6.87. The molecule has 0 saturated heterocycles. The quantitative estimate of drug-likeness (QED) is 0.818. The lowest BCUT2D eigenvalue weighted by Gasteiger charge is -1.98. The van der Waals surface area contributed by atoms with Crippen LogP contribution in [-0.2, 0) is 0 Å². The van der Waals surface area contributed by atoms with Gasteiger partial charge in [0.15, 0.2) is 5.82 Å². The summed E-state index contributed by atoms with van der Waals surface area (Å²) in [5.41, 5.74) is 6.77. The molecule has 2 aromatic rings. The standard InChI is InChI=1S/C8H5ClFN3S/c9-5-3-4(1-2-6(5)10)7-8(11)13-14-12-7/h1-3H,(H2,11,13). The Bertz CT molecular complexity index is 471. The third-order valence-electron chi connectivity index (χ3n) is 1.71. The van der Waals surface area contributed by atoms with E-state index < -0.39 is 5.82 Å². The maximum Gasteiger partial charge on any atom is 0.165 e. The minimum Gasteiger partial charge on any atom is -0.381 e. The number of nitrogens with zero attached hydrogens (tertiary/aromatic N) is 2. The molecule has 1 aromatic carbocycles. The summed E-state index contributed by atoms with van der Waals surface area (Å²) in [6.45, 7) is 0. The molecule has 0 radical (unpaired) electrons. The predicted molar refractivity (Wildman–Crippen MR) is 54.7 cm³/mol. The average Bonchev–Trinajstić information content (AvgIpc) is 2.57. The van der Waals surface area contributed by atoms with Crippen LogP contribution in [0.4, 0.5) is 10.2 Å². The monoisotopic (exact) mass is 229 g/mol. The molecule has 0 aliphatic carbocycles. The van der Waals surface area contributed by atoms with E-state index in [1.807, 2.05) is 0 Å². The topological polar surface area (TPSA) is 51.8 Å². The van der Waals surface area contributed by atoms with E-state index in [9.17, 15) is 4.39 Å². The number of anilines is 1. The van der Waals surface area contributed by atoms with Crippen LogP contribution in [0.2, 0.25) is 5.02 Å². The second kappa shape index (κ2) is 3.51. The van der Waals surface area contributed by atoms with Crippen molar-refractivity contribution >= 4 is 29.1 Å². The molecule has 6 heteroatoms. The van der Waals surface area contributed by atoms with Gasteiger partial charge < -0.3 is 5.73 Å². The fourth-order valence-corrected chi connectivity index (χ4v) is 1.72. The van der Waals surface area contributed by atoms with Crippen molar-refractivity contribution in [1.29, 1.82) is 0 Å². The lowest BCUT2D eigenvalue weighted by atomic mass is 10.1. The van der Waals surface area contributed by atoms with Gasteiger partial charge in [-0.15, -0.1) is 0 Å². The molecule has 1 aromatic heterocycles. The molecule has 0 saturated carbocycles. The lowest BCUT2D eigenvalue weighted by molar-refractivity contribution is 0.628. The summed E-state index contributed by atoms with van der Waals surface area (Å²) in [6, 6.07) is 4.31. The third-order valence-corrected chi connectivity index (χ3v) is 2.54. The molecule has 0 aliphatic rings. The molecule has 3 nitrogen and oxygen atoms in total. The molecule has 72 valence electrons. The Labute approximate surface area is 88.7 Å². The van der Waals surface area contributed by atoms with Crippen LogP contribution in [0, 0.1) is 5.82 Å². The highest BCUT2D eigenvalue weighted by atomic mass is 35.5. The maximum atomic E-state index is 12.8. The third kappa shape index (κ3) is 1.56. The molecule has 0 amide bonds. The van der Waals surface area contributed by atoms with E-state index in [4.69, 9.17) is 17.3 Å². The van der Waals surface area contributed by atoms with E-state index >= 15 is 0 Å². The van der Waals surface area contributed by atoms with Crippen molar-refractivity contribution in [3.05, 3.63) is 29.0 Å². The van der Waals surface area contributed by atoms with Gasteiger partial charge in [-0.2, -0.15) is 8.75 Å². The Balaban J connectivity index is 2.53. The van der Waals surface area contributed by atoms with E-state index in [-0.39, 0.29) is 5.02 Å². The molecule has 0 aliphatic heterocycles. The Morgan fingerprint density at radius 2 is 2.14 bits per heavy atom. The first-order chi connectivity index (χ1) is 6.68. The van der Waals surface area contributed by atoms with Crippen LogP contribution in [0.5, 0.6) is 0 Å². The first-order valence-corrected chi connectivity index (χ1v) is 4.83. The number of nitrogen functional groups attached to an aromatic ring is 1. The molecule has 0 bridgehead atoms. The van der Waals surface area contributed by atoms with Crippen molar-refractivity contribution in [2.45, 2.75) is 0 Å². The number of rotatable bonds is 1. The second-order valence-electron chi connectivity index (χ2n) is 2.63. The largest absolute Gasteiger partial charge is 0.381 e. The highest BCUT2D eigenvalue weighted by Crippen LogP contribution is 2.27. The number of benzene rings is 1. The van der Waals surface area contributed by atoms with E-state index in [2.05, 4.69) is 8.75 Å². The van der Waals surface area contributed by atoms with Gasteiger partial charge in [-0.05, 0) is 18.2 Å². The van der Waals surface area contributed by atoms with E-state index in [0.717, 1.165) is 11.7 Å². The molecule has 0 unspecified atom stereocenters. The number of hydrogen-bond acceptors (Lipinski definition) is 4. The van der Waals surface area contributed by atoms with Gasteiger partial charge in [0, 0.05) is 5.56 Å². The fourth-order valence-electron chi connectivity index (χ4n) is 1.04. The smallest absolute Gasteiger partial charge is 0.165 e. The van der Waals surface area contributed by atoms with Crippen molar-refractivity contribution in [1.82, 2.24) is 8.75 Å². The summed E-state index contributed by atoms with van der Waals surface area (Å²) in [6.07, 6.45) is 0. The van der Waals surface area contributed by atoms with E-state index in [1.54, 1.807) is 6.07 Å². The van der Waals surface area contributed by atoms with Gasteiger partial charge in [0.05, 0.1) is 16.8 Å². The number of halogens is 2. The zero-order valence-corrected chi connectivity index (χ0v) is 8.44. The predicted octanol–water partition coefficient (Wildman–Crippen LogP) is 2.58. The van der Waals surface area contributed by atoms with Crippen LogP contribution in [0.15, 0.2) is 18.2 Å². The van der Waals surface area contributed by atoms with Crippen LogP contribution < -0.4 is 5.73 Å². The highest BCUT2D eigenvalue weighted by molar-refractivity contribution is 6.99. The summed E-state index contributed by atoms with van der Waals surface area (Å²) in [5.74, 6) is -0.130. The minimum absolute atomic E-state index is 0.0508. The summed E-state index contributed by atoms with van der Waals surface area (Å²) in [4.78, 5) is 0. The SMILES string of the molecule is Nc1nsnc1-c1ccc(F)c(Cl)c1. The molecule has 2 rings (SSSR count). The van der Waals surface area contributed by atoms with Crippen molar-refractivity contribution in [3.8, 4) is 11.3 Å². The molecular weight excluding hydrogens is 225 g/mol. The van der Waals surface area contributed by atoms with Gasteiger partial charge in [-0.1, -0.05) is 11.6 Å². The molecule has 0 fully saturated rings. The van der Waals surface area contributed by atoms with Crippen LogP contribution in [-0.4, -0.2) is 8.75 Å². The molecule has 2 N–H and O–H groups in total. The van der Waals surface area contributed by atoms with Gasteiger partial charge >= 0.3 is 0 Å². The Hall–Kier alpha value is -1.20. The van der Waals surface area contributed by atoms with Gasteiger partial charge in [0.2, 0.25) is 0 Å². The first kappa shape index (κ1) is 9.36. The summed E-state index contributed by atoms with van der Waals surface area (Å²) < 4.78 is 20.6. The molecule has 0 atom stereocenters. The number of nitrogens with two attached hydrogens (primary N) is 1. The van der Waals surface area contributed by atoms with Crippen molar-refractivity contribution in [2.75, 3.05) is 5.73 Å². The van der Waals surface area contributed by atoms with E-state index in [0.29, 0.717) is 17.1 Å². The molecule has 0 spiro atoms. The molecular formula is C8H5ClFN3S. The van der Waals surface area contributed by atoms with Gasteiger partial charge in [0.1, 0.15) is 11.5 Å². The maximum absolute atomic E-state index is 12.8. The fraction of sp³-hybridized carbons (Fsp3) is 0. The summed E-state index contributed by atoms with van der Waals surface area (Å²) >= 11 is 6.63. The van der Waals surface area contributed by atoms with Crippen LogP contribution in [0.25, 0.3) is 11.3 Å². The normalized spacial score (nSPS) is 10.4. The Morgan fingerprint density at radius 1 is 1.36 bits per heavy atom. The van der Waals surface area contributed by atoms with Gasteiger partial charge in [0.25, 0.3) is 0 Å². The highest BCUT2D eigenvalue weighted by Gasteiger charge is 2.09. The van der Waals surface area contributed by atoms with Crippen molar-refractivity contribution < 1.29 is 4.39 Å². The Morgan fingerprint density at radius 3 is 2.71 bits per heavy atom.